The van der Waals surface area contributed by atoms with Crippen molar-refractivity contribution in [3.8, 4) is 6.07 Å². The number of rotatable bonds is 10. The summed E-state index contributed by atoms with van der Waals surface area (Å²) < 4.78 is 5.53. The van der Waals surface area contributed by atoms with Crippen LogP contribution in [0.2, 0.25) is 5.02 Å². The molecule has 0 radical (unpaired) electrons. The molecule has 1 atom stereocenters. The predicted octanol–water partition coefficient (Wildman–Crippen LogP) is 8.49. The van der Waals surface area contributed by atoms with E-state index in [1.807, 2.05) is 33.8 Å². The monoisotopic (exact) mass is 755 g/mol. The molecular weight excluding hydrogens is 718 g/mol. The number of fused-ring (bicyclic) bond motifs is 1. The summed E-state index contributed by atoms with van der Waals surface area (Å²) >= 11 is 8.99. The van der Waals surface area contributed by atoms with Crippen molar-refractivity contribution in [1.29, 1.82) is 5.26 Å². The number of hydrogen-bond acceptors (Lipinski definition) is 8. The van der Waals surface area contributed by atoms with Gasteiger partial charge in [0.2, 0.25) is 5.91 Å². The Morgan fingerprint density at radius 2 is 1.77 bits per heavy atom. The highest BCUT2D eigenvalue weighted by Crippen LogP contribution is 2.38. The minimum Gasteiger partial charge on any atom is -0.444 e. The molecule has 1 aliphatic heterocycles. The molecule has 5 rings (SSSR count). The summed E-state index contributed by atoms with van der Waals surface area (Å²) in [5.41, 5.74) is 2.02. The standard InChI is InChI=1S/C39H38ClN5O5S2/c1-5-32(36(48)44-37-29(22-41)28-18-19-45(23-33(28)52-37)38(49)50-39(2,3)4)51-27-16-11-15-26(21-27)42-35(47)31(20-25-14-9-10-17-30(25)40)43-34(46)24-12-7-6-8-13-24/h6-17,20-21,32H,5,18-19,23H2,1-4H3,(H,42,47)(H,43,46)(H,44,48)/b31-20+. The Morgan fingerprint density at radius 1 is 1.04 bits per heavy atom. The third-order valence-electron chi connectivity index (χ3n) is 7.82. The molecule has 13 heteroatoms. The van der Waals surface area contributed by atoms with Crippen LogP contribution in [0, 0.1) is 11.3 Å². The van der Waals surface area contributed by atoms with Crippen LogP contribution in [-0.4, -0.2) is 46.1 Å². The fourth-order valence-electron chi connectivity index (χ4n) is 5.31. The zero-order valence-corrected chi connectivity index (χ0v) is 31.5. The van der Waals surface area contributed by atoms with Crippen molar-refractivity contribution in [2.24, 2.45) is 0 Å². The van der Waals surface area contributed by atoms with Gasteiger partial charge in [-0.15, -0.1) is 23.1 Å². The van der Waals surface area contributed by atoms with Gasteiger partial charge in [-0.1, -0.05) is 61.0 Å². The molecule has 10 nitrogen and oxygen atoms in total. The summed E-state index contributed by atoms with van der Waals surface area (Å²) in [6.45, 7) is 8.05. The number of carbonyl (C=O) groups excluding carboxylic acids is 4. The van der Waals surface area contributed by atoms with Crippen LogP contribution in [0.5, 0.6) is 0 Å². The molecule has 0 aliphatic carbocycles. The van der Waals surface area contributed by atoms with E-state index in [0.29, 0.717) is 58.3 Å². The van der Waals surface area contributed by atoms with Crippen LogP contribution < -0.4 is 16.0 Å². The van der Waals surface area contributed by atoms with Gasteiger partial charge in [0.25, 0.3) is 11.8 Å². The van der Waals surface area contributed by atoms with E-state index in [9.17, 15) is 24.4 Å². The quantitative estimate of drug-likeness (QED) is 0.109. The third kappa shape index (κ3) is 9.82. The molecule has 0 saturated heterocycles. The van der Waals surface area contributed by atoms with Crippen molar-refractivity contribution in [3.63, 3.8) is 0 Å². The summed E-state index contributed by atoms with van der Waals surface area (Å²) in [5, 5.41) is 18.9. The first kappa shape index (κ1) is 38.1. The van der Waals surface area contributed by atoms with E-state index in [1.54, 1.807) is 77.7 Å². The van der Waals surface area contributed by atoms with Gasteiger partial charge in [-0.05, 0) is 87.2 Å². The number of ether oxygens (including phenoxy) is 1. The SMILES string of the molecule is CCC(Sc1cccc(NC(=O)/C(=C\c2ccccc2Cl)NC(=O)c2ccccc2)c1)C(=O)Nc1sc2c(c1C#N)CCN(C(=O)OC(C)(C)C)C2. The maximum absolute atomic E-state index is 13.6. The number of thiophene rings is 1. The van der Waals surface area contributed by atoms with Gasteiger partial charge in [-0.2, -0.15) is 5.26 Å². The lowest BCUT2D eigenvalue weighted by Gasteiger charge is -2.29. The molecule has 268 valence electrons. The number of nitrogens with zero attached hydrogens (tertiary/aromatic N) is 2. The fraction of sp³-hybridized carbons (Fsp3) is 0.256. The predicted molar refractivity (Wildman–Crippen MR) is 206 cm³/mol. The number of hydrogen-bond donors (Lipinski definition) is 3. The molecule has 1 unspecified atom stereocenters. The molecule has 4 amide bonds. The summed E-state index contributed by atoms with van der Waals surface area (Å²) in [5.74, 6) is -1.29. The van der Waals surface area contributed by atoms with Gasteiger partial charge in [0, 0.05) is 32.6 Å². The molecule has 3 aromatic carbocycles. The second-order valence-corrected chi connectivity index (χ2v) is 15.6. The number of amides is 4. The molecule has 0 saturated carbocycles. The Kier molecular flexibility index (Phi) is 12.4. The first-order chi connectivity index (χ1) is 24.8. The minimum atomic E-state index is -0.626. The summed E-state index contributed by atoms with van der Waals surface area (Å²) in [6.07, 6.45) is 2.07. The van der Waals surface area contributed by atoms with Gasteiger partial charge in [-0.3, -0.25) is 14.4 Å². The molecule has 52 heavy (non-hydrogen) atoms. The second kappa shape index (κ2) is 17.0. The fourth-order valence-corrected chi connectivity index (χ4v) is 7.73. The zero-order chi connectivity index (χ0) is 37.4. The van der Waals surface area contributed by atoms with Crippen molar-refractivity contribution in [3.05, 3.63) is 117 Å². The van der Waals surface area contributed by atoms with Crippen molar-refractivity contribution in [2.45, 2.75) is 62.8 Å². The molecule has 1 aliphatic rings. The molecule has 3 N–H and O–H groups in total. The number of halogens is 1. The van der Waals surface area contributed by atoms with E-state index >= 15 is 0 Å². The van der Waals surface area contributed by atoms with Gasteiger partial charge < -0.3 is 25.6 Å². The molecule has 1 aromatic heterocycles. The van der Waals surface area contributed by atoms with Crippen LogP contribution in [0.4, 0.5) is 15.5 Å². The zero-order valence-electron chi connectivity index (χ0n) is 29.1. The molecule has 0 fully saturated rings. The summed E-state index contributed by atoms with van der Waals surface area (Å²) in [4.78, 5) is 56.1. The summed E-state index contributed by atoms with van der Waals surface area (Å²) in [6, 6.07) is 24.8. The van der Waals surface area contributed by atoms with E-state index in [0.717, 1.165) is 15.3 Å². The van der Waals surface area contributed by atoms with Crippen molar-refractivity contribution in [2.75, 3.05) is 17.2 Å². The highest BCUT2D eigenvalue weighted by atomic mass is 35.5. The van der Waals surface area contributed by atoms with Crippen LogP contribution in [0.25, 0.3) is 6.08 Å². The maximum atomic E-state index is 13.6. The number of carbonyl (C=O) groups is 4. The molecule has 2 heterocycles. The number of nitriles is 1. The van der Waals surface area contributed by atoms with Crippen molar-refractivity contribution < 1.29 is 23.9 Å². The Bertz CT molecular complexity index is 2050. The number of nitrogens with one attached hydrogen (secondary N) is 3. The van der Waals surface area contributed by atoms with Crippen LogP contribution in [0.15, 0.2) is 89.5 Å². The van der Waals surface area contributed by atoms with Gasteiger partial charge in [0.05, 0.1) is 17.4 Å². The van der Waals surface area contributed by atoms with E-state index < -0.39 is 28.8 Å². The van der Waals surface area contributed by atoms with Gasteiger partial charge in [-0.25, -0.2) is 4.79 Å². The van der Waals surface area contributed by atoms with E-state index in [-0.39, 0.29) is 11.6 Å². The molecular formula is C39H38ClN5O5S2. The Balaban J connectivity index is 1.28. The first-order valence-electron chi connectivity index (χ1n) is 16.6. The van der Waals surface area contributed by atoms with E-state index in [4.69, 9.17) is 16.3 Å². The van der Waals surface area contributed by atoms with Crippen LogP contribution in [0.3, 0.4) is 0 Å². The Hall–Kier alpha value is -5.09. The lowest BCUT2D eigenvalue weighted by atomic mass is 10.0. The van der Waals surface area contributed by atoms with Crippen LogP contribution >= 0.6 is 34.7 Å². The topological polar surface area (TPSA) is 141 Å². The number of thioether (sulfide) groups is 1. The van der Waals surface area contributed by atoms with Crippen molar-refractivity contribution >= 4 is 75.3 Å². The second-order valence-electron chi connectivity index (χ2n) is 12.9. The van der Waals surface area contributed by atoms with Crippen molar-refractivity contribution in [1.82, 2.24) is 10.2 Å². The molecule has 0 spiro atoms. The van der Waals surface area contributed by atoms with Crippen LogP contribution in [0.1, 0.15) is 66.0 Å². The summed E-state index contributed by atoms with van der Waals surface area (Å²) in [7, 11) is 0. The number of anilines is 2. The van der Waals surface area contributed by atoms with E-state index in [1.165, 1.54) is 29.2 Å². The largest absolute Gasteiger partial charge is 0.444 e. The van der Waals surface area contributed by atoms with Gasteiger partial charge in [0.15, 0.2) is 0 Å². The van der Waals surface area contributed by atoms with Gasteiger partial charge >= 0.3 is 6.09 Å². The van der Waals surface area contributed by atoms with Gasteiger partial charge in [0.1, 0.15) is 22.4 Å². The average Bonchev–Trinajstić information content (AvgIpc) is 3.46. The normalized spacial score (nSPS) is 13.3. The smallest absolute Gasteiger partial charge is 0.410 e. The Labute approximate surface area is 316 Å². The first-order valence-corrected chi connectivity index (χ1v) is 18.7. The highest BCUT2D eigenvalue weighted by molar-refractivity contribution is 8.00. The lowest BCUT2D eigenvalue weighted by molar-refractivity contribution is -0.116. The van der Waals surface area contributed by atoms with E-state index in [2.05, 4.69) is 22.0 Å². The third-order valence-corrected chi connectivity index (χ3v) is 10.7. The highest BCUT2D eigenvalue weighted by Gasteiger charge is 2.31. The lowest BCUT2D eigenvalue weighted by Crippen LogP contribution is -2.39. The maximum Gasteiger partial charge on any atom is 0.410 e. The molecule has 0 bridgehead atoms. The molecule has 4 aromatic rings. The Morgan fingerprint density at radius 3 is 2.46 bits per heavy atom. The van der Waals surface area contributed by atoms with Crippen LogP contribution in [-0.2, 0) is 27.3 Å². The average molecular weight is 756 g/mol. The minimum absolute atomic E-state index is 0.00743. The number of benzene rings is 3.